The van der Waals surface area contributed by atoms with E-state index < -0.39 is 0 Å². The molecule has 0 aromatic heterocycles. The molecule has 3 nitrogen and oxygen atoms in total. The zero-order valence-corrected chi connectivity index (χ0v) is 11.4. The zero-order valence-electron chi connectivity index (χ0n) is 10.6. The number of rotatable bonds is 6. The Balaban J connectivity index is 2.93. The van der Waals surface area contributed by atoms with E-state index in [1.54, 1.807) is 7.11 Å². The van der Waals surface area contributed by atoms with Crippen LogP contribution < -0.4 is 4.74 Å². The maximum absolute atomic E-state index is 8.92. The van der Waals surface area contributed by atoms with Crippen LogP contribution in [0, 0.1) is 0 Å². The number of hydrogen-bond donors (Lipinski definition) is 1. The van der Waals surface area contributed by atoms with E-state index in [1.165, 1.54) is 0 Å². The van der Waals surface area contributed by atoms with Gasteiger partial charge in [-0.15, -0.1) is 0 Å². The lowest BCUT2D eigenvalue weighted by Gasteiger charge is -2.25. The minimum Gasteiger partial charge on any atom is -0.497 e. The Labute approximate surface area is 108 Å². The molecule has 1 atom stereocenters. The average Bonchev–Trinajstić information content (AvgIpc) is 2.30. The number of halogens is 1. The zero-order chi connectivity index (χ0) is 12.8. The predicted octanol–water partition coefficient (Wildman–Crippen LogP) is 2.72. The summed E-state index contributed by atoms with van der Waals surface area (Å²) in [6.45, 7) is 0.206. The summed E-state index contributed by atoms with van der Waals surface area (Å²) in [4.78, 5) is 2.11. The quantitative estimate of drug-likeness (QED) is 0.851. The summed E-state index contributed by atoms with van der Waals surface area (Å²) in [7, 11) is 5.66. The van der Waals surface area contributed by atoms with Crippen LogP contribution >= 0.6 is 11.6 Å². The molecule has 0 aliphatic heterocycles. The smallest absolute Gasteiger partial charge is 0.120 e. The molecule has 0 saturated carbocycles. The van der Waals surface area contributed by atoms with Gasteiger partial charge in [-0.3, -0.25) is 0 Å². The largest absolute Gasteiger partial charge is 0.497 e. The summed E-state index contributed by atoms with van der Waals surface area (Å²) in [6.07, 6.45) is 1.65. The number of benzene rings is 1. The maximum atomic E-state index is 8.92. The third kappa shape index (κ3) is 3.87. The first-order valence-electron chi connectivity index (χ1n) is 5.71. The van der Waals surface area contributed by atoms with Crippen molar-refractivity contribution < 1.29 is 9.84 Å². The number of aliphatic hydroxyl groups is 1. The summed E-state index contributed by atoms with van der Waals surface area (Å²) in [5.74, 6) is 0.762. The van der Waals surface area contributed by atoms with Gasteiger partial charge in [0.05, 0.1) is 7.11 Å². The standard InChI is InChI=1S/C13H20ClNO2/c1-15(2)13(5-4-8-16)11-7-6-10(17-3)9-12(11)14/h6-7,9,13,16H,4-5,8H2,1-3H3. The molecule has 0 saturated heterocycles. The van der Waals surface area contributed by atoms with Crippen molar-refractivity contribution in [3.8, 4) is 5.75 Å². The monoisotopic (exact) mass is 257 g/mol. The Morgan fingerprint density at radius 2 is 2.12 bits per heavy atom. The lowest BCUT2D eigenvalue weighted by Crippen LogP contribution is -2.20. The second kappa shape index (κ2) is 6.84. The molecule has 17 heavy (non-hydrogen) atoms. The van der Waals surface area contributed by atoms with E-state index in [9.17, 15) is 0 Å². The number of ether oxygens (including phenoxy) is 1. The van der Waals surface area contributed by atoms with Crippen molar-refractivity contribution in [1.29, 1.82) is 0 Å². The number of hydrogen-bond acceptors (Lipinski definition) is 3. The summed E-state index contributed by atoms with van der Waals surface area (Å²) < 4.78 is 5.13. The highest BCUT2D eigenvalue weighted by molar-refractivity contribution is 6.31. The fraction of sp³-hybridized carbons (Fsp3) is 0.538. The predicted molar refractivity (Wildman–Crippen MR) is 70.8 cm³/mol. The van der Waals surface area contributed by atoms with Gasteiger partial charge in [-0.2, -0.15) is 0 Å². The van der Waals surface area contributed by atoms with Crippen LogP contribution in [0.4, 0.5) is 0 Å². The fourth-order valence-electron chi connectivity index (χ4n) is 1.88. The Bertz CT molecular complexity index is 355. The van der Waals surface area contributed by atoms with Crippen molar-refractivity contribution in [1.82, 2.24) is 4.90 Å². The SMILES string of the molecule is COc1ccc(C(CCCO)N(C)C)c(Cl)c1. The van der Waals surface area contributed by atoms with Crippen molar-refractivity contribution >= 4 is 11.6 Å². The molecule has 1 aromatic carbocycles. The molecule has 0 heterocycles. The minimum absolute atomic E-state index is 0.206. The van der Waals surface area contributed by atoms with Gasteiger partial charge < -0.3 is 14.7 Å². The molecule has 0 amide bonds. The van der Waals surface area contributed by atoms with Crippen molar-refractivity contribution in [2.45, 2.75) is 18.9 Å². The van der Waals surface area contributed by atoms with Crippen LogP contribution in [0.3, 0.4) is 0 Å². The summed E-state index contributed by atoms with van der Waals surface area (Å²) in [6, 6.07) is 5.95. The molecule has 1 unspecified atom stereocenters. The maximum Gasteiger partial charge on any atom is 0.120 e. The number of methoxy groups -OCH3 is 1. The Hall–Kier alpha value is -0.770. The Morgan fingerprint density at radius 3 is 2.59 bits per heavy atom. The first kappa shape index (κ1) is 14.3. The molecule has 0 radical (unpaired) electrons. The van der Waals surface area contributed by atoms with Crippen molar-refractivity contribution in [2.24, 2.45) is 0 Å². The topological polar surface area (TPSA) is 32.7 Å². The molecular weight excluding hydrogens is 238 g/mol. The average molecular weight is 258 g/mol. The molecule has 1 aromatic rings. The third-order valence-corrected chi connectivity index (χ3v) is 3.15. The van der Waals surface area contributed by atoms with E-state index in [4.69, 9.17) is 21.4 Å². The van der Waals surface area contributed by atoms with Crippen LogP contribution in [0.1, 0.15) is 24.4 Å². The summed E-state index contributed by atoms with van der Waals surface area (Å²) in [5.41, 5.74) is 1.07. The van der Waals surface area contributed by atoms with E-state index in [1.807, 2.05) is 32.3 Å². The van der Waals surface area contributed by atoms with Gasteiger partial charge in [-0.25, -0.2) is 0 Å². The van der Waals surface area contributed by atoms with E-state index in [0.29, 0.717) is 5.02 Å². The first-order valence-corrected chi connectivity index (χ1v) is 6.08. The van der Waals surface area contributed by atoms with Gasteiger partial charge in [0, 0.05) is 17.7 Å². The highest BCUT2D eigenvalue weighted by Gasteiger charge is 2.17. The van der Waals surface area contributed by atoms with Gasteiger partial charge in [-0.05, 0) is 44.6 Å². The number of aliphatic hydroxyl groups excluding tert-OH is 1. The normalized spacial score (nSPS) is 12.8. The van der Waals surface area contributed by atoms with Gasteiger partial charge in [0.2, 0.25) is 0 Å². The minimum atomic E-state index is 0.206. The van der Waals surface area contributed by atoms with Crippen LogP contribution in [-0.4, -0.2) is 37.8 Å². The van der Waals surface area contributed by atoms with Gasteiger partial charge in [0.1, 0.15) is 5.75 Å². The van der Waals surface area contributed by atoms with Gasteiger partial charge in [0.25, 0.3) is 0 Å². The van der Waals surface area contributed by atoms with Gasteiger partial charge in [-0.1, -0.05) is 17.7 Å². The van der Waals surface area contributed by atoms with Gasteiger partial charge >= 0.3 is 0 Å². The van der Waals surface area contributed by atoms with Crippen LogP contribution in [0.2, 0.25) is 5.02 Å². The summed E-state index contributed by atoms with van der Waals surface area (Å²) >= 11 is 6.26. The lowest BCUT2D eigenvalue weighted by atomic mass is 10.0. The molecule has 1 rings (SSSR count). The highest BCUT2D eigenvalue weighted by atomic mass is 35.5. The van der Waals surface area contributed by atoms with E-state index >= 15 is 0 Å². The van der Waals surface area contributed by atoms with Crippen LogP contribution in [0.25, 0.3) is 0 Å². The Kier molecular flexibility index (Phi) is 5.75. The molecule has 1 N–H and O–H groups in total. The van der Waals surface area contributed by atoms with E-state index in [2.05, 4.69) is 4.90 Å². The van der Waals surface area contributed by atoms with Crippen molar-refractivity contribution in [3.63, 3.8) is 0 Å². The molecule has 0 bridgehead atoms. The van der Waals surface area contributed by atoms with Gasteiger partial charge in [0.15, 0.2) is 0 Å². The molecule has 0 fully saturated rings. The second-order valence-corrected chi connectivity index (χ2v) is 4.64. The van der Waals surface area contributed by atoms with E-state index in [-0.39, 0.29) is 12.6 Å². The molecule has 0 aliphatic carbocycles. The van der Waals surface area contributed by atoms with Crippen LogP contribution in [0.5, 0.6) is 5.75 Å². The highest BCUT2D eigenvalue weighted by Crippen LogP contribution is 2.32. The molecule has 0 spiro atoms. The first-order chi connectivity index (χ1) is 8.10. The molecule has 0 aliphatic rings. The molecule has 96 valence electrons. The second-order valence-electron chi connectivity index (χ2n) is 4.23. The van der Waals surface area contributed by atoms with Crippen LogP contribution in [0.15, 0.2) is 18.2 Å². The Morgan fingerprint density at radius 1 is 1.41 bits per heavy atom. The summed E-state index contributed by atoms with van der Waals surface area (Å²) in [5, 5.41) is 9.63. The van der Waals surface area contributed by atoms with Crippen molar-refractivity contribution in [3.05, 3.63) is 28.8 Å². The van der Waals surface area contributed by atoms with E-state index in [0.717, 1.165) is 24.2 Å². The third-order valence-electron chi connectivity index (χ3n) is 2.83. The lowest BCUT2D eigenvalue weighted by molar-refractivity contribution is 0.235. The fourth-order valence-corrected chi connectivity index (χ4v) is 2.18. The molecule has 4 heteroatoms. The molecular formula is C13H20ClNO2. The van der Waals surface area contributed by atoms with Crippen LogP contribution in [-0.2, 0) is 0 Å². The van der Waals surface area contributed by atoms with Crippen molar-refractivity contribution in [2.75, 3.05) is 27.8 Å². The number of nitrogens with zero attached hydrogens (tertiary/aromatic N) is 1.